The second-order valence-corrected chi connectivity index (χ2v) is 8.00. The van der Waals surface area contributed by atoms with Gasteiger partial charge < -0.3 is 15.4 Å². The fourth-order valence-electron chi connectivity index (χ4n) is 4.10. The molecule has 29 heavy (non-hydrogen) atoms. The number of hydrogen-bond acceptors (Lipinski definition) is 4. The van der Waals surface area contributed by atoms with Gasteiger partial charge in [-0.3, -0.25) is 4.79 Å². The van der Waals surface area contributed by atoms with Crippen LogP contribution in [-0.2, 0) is 11.3 Å². The molecule has 0 aromatic heterocycles. The summed E-state index contributed by atoms with van der Waals surface area (Å²) in [4.78, 5) is 13.1. The molecule has 4 nitrogen and oxygen atoms in total. The number of fused-ring (bicyclic) bond motifs is 1. The first-order chi connectivity index (χ1) is 13.6. The molecule has 4 rings (SSSR count). The van der Waals surface area contributed by atoms with E-state index in [0.29, 0.717) is 18.5 Å². The first-order valence-electron chi connectivity index (χ1n) is 9.36. The van der Waals surface area contributed by atoms with Gasteiger partial charge in [0.15, 0.2) is 0 Å². The van der Waals surface area contributed by atoms with E-state index in [9.17, 15) is 18.0 Å². The van der Waals surface area contributed by atoms with Crippen LogP contribution in [0.3, 0.4) is 0 Å². The Bertz CT molecular complexity index is 978. The van der Waals surface area contributed by atoms with Crippen molar-refractivity contribution in [2.45, 2.75) is 39.1 Å². The summed E-state index contributed by atoms with van der Waals surface area (Å²) in [6, 6.07) is 13.4. The van der Waals surface area contributed by atoms with Crippen LogP contribution < -0.4 is 15.4 Å². The number of ether oxygens (including phenoxy) is 1. The monoisotopic (exact) mass is 402 g/mol. The quantitative estimate of drug-likeness (QED) is 0.734. The summed E-state index contributed by atoms with van der Waals surface area (Å²) in [5.74, 6) is -0.875. The van der Waals surface area contributed by atoms with Crippen LogP contribution in [0, 0.1) is 5.41 Å². The van der Waals surface area contributed by atoms with E-state index < -0.39 is 12.3 Å². The summed E-state index contributed by atoms with van der Waals surface area (Å²) in [6.45, 7) is 4.66. The summed E-state index contributed by atoms with van der Waals surface area (Å²) >= 11 is 0. The number of Topliss-reactive ketones (excluding diaryl/α,β-unsaturated/α-hetero) is 1. The van der Waals surface area contributed by atoms with Crippen LogP contribution in [0.4, 0.5) is 18.9 Å². The maximum Gasteiger partial charge on any atom is 0.573 e. The van der Waals surface area contributed by atoms with Gasteiger partial charge in [-0.2, -0.15) is 0 Å². The molecule has 2 aromatic carbocycles. The van der Waals surface area contributed by atoms with Crippen molar-refractivity contribution in [3.05, 3.63) is 71.1 Å². The van der Waals surface area contributed by atoms with Crippen LogP contribution in [0.15, 0.2) is 59.9 Å². The Kier molecular flexibility index (Phi) is 4.56. The zero-order valence-electron chi connectivity index (χ0n) is 16.1. The lowest BCUT2D eigenvalue weighted by Crippen LogP contribution is -2.39. The second-order valence-electron chi connectivity index (χ2n) is 8.00. The van der Waals surface area contributed by atoms with Crippen LogP contribution in [-0.4, -0.2) is 12.1 Å². The average Bonchev–Trinajstić information content (AvgIpc) is 2.81. The molecule has 7 heteroatoms. The van der Waals surface area contributed by atoms with Gasteiger partial charge in [0.1, 0.15) is 11.5 Å². The van der Waals surface area contributed by atoms with Crippen LogP contribution >= 0.6 is 0 Å². The summed E-state index contributed by atoms with van der Waals surface area (Å²) in [6.07, 6.45) is -4.42. The summed E-state index contributed by atoms with van der Waals surface area (Å²) < 4.78 is 41.3. The van der Waals surface area contributed by atoms with Gasteiger partial charge in [0.2, 0.25) is 0 Å². The predicted molar refractivity (Wildman–Crippen MR) is 103 cm³/mol. The molecule has 1 unspecified atom stereocenters. The van der Waals surface area contributed by atoms with Gasteiger partial charge in [-0.15, -0.1) is 13.2 Å². The first-order valence-corrected chi connectivity index (χ1v) is 9.36. The molecule has 1 atom stereocenters. The molecule has 2 aromatic rings. The largest absolute Gasteiger partial charge is 0.573 e. The van der Waals surface area contributed by atoms with E-state index in [1.807, 2.05) is 38.1 Å². The third kappa shape index (κ3) is 3.81. The van der Waals surface area contributed by atoms with E-state index in [1.54, 1.807) is 0 Å². The number of halogens is 3. The Morgan fingerprint density at radius 1 is 1.07 bits per heavy atom. The summed E-state index contributed by atoms with van der Waals surface area (Å²) in [5, 5.41) is 6.92. The first kappa shape index (κ1) is 19.4. The van der Waals surface area contributed by atoms with Crippen molar-refractivity contribution in [2.75, 3.05) is 5.32 Å². The van der Waals surface area contributed by atoms with Crippen molar-refractivity contribution in [2.24, 2.45) is 5.41 Å². The predicted octanol–water partition coefficient (Wildman–Crippen LogP) is 5.09. The number of anilines is 1. The Morgan fingerprint density at radius 2 is 1.76 bits per heavy atom. The summed E-state index contributed by atoms with van der Waals surface area (Å²) in [7, 11) is 0. The highest BCUT2D eigenvalue weighted by atomic mass is 19.4. The Labute approximate surface area is 166 Å². The Morgan fingerprint density at radius 3 is 2.45 bits per heavy atom. The zero-order valence-corrected chi connectivity index (χ0v) is 16.1. The number of carbonyl (C=O) groups is 1. The number of benzene rings is 2. The second kappa shape index (κ2) is 6.83. The number of rotatable bonds is 2. The van der Waals surface area contributed by atoms with Crippen molar-refractivity contribution in [3.8, 4) is 5.75 Å². The molecule has 152 valence electrons. The van der Waals surface area contributed by atoms with E-state index in [2.05, 4.69) is 15.4 Å². The van der Waals surface area contributed by atoms with Crippen molar-refractivity contribution >= 4 is 11.5 Å². The van der Waals surface area contributed by atoms with Crippen LogP contribution in [0.1, 0.15) is 37.3 Å². The zero-order chi connectivity index (χ0) is 20.8. The maximum absolute atomic E-state index is 13.1. The van der Waals surface area contributed by atoms with Crippen LogP contribution in [0.5, 0.6) is 5.75 Å². The Balaban J connectivity index is 1.75. The molecule has 0 bridgehead atoms. The van der Waals surface area contributed by atoms with Gasteiger partial charge in [0.25, 0.3) is 0 Å². The van der Waals surface area contributed by atoms with Gasteiger partial charge in [-0.1, -0.05) is 44.2 Å². The number of alkyl halides is 3. The highest BCUT2D eigenvalue weighted by Gasteiger charge is 2.42. The fourth-order valence-corrected chi connectivity index (χ4v) is 4.10. The normalized spacial score (nSPS) is 20.7. The standard InChI is InChI=1S/C22H21F3N2O2/c1-21(2)11-17(28)18(13-7-9-15(10-8-13)29-22(23,24)25)19-20(21)26-12-14-5-3-4-6-16(14)27-19/h3-10,18,26-27H,11-12H2,1-2H3. The molecule has 0 spiro atoms. The van der Waals surface area contributed by atoms with Crippen molar-refractivity contribution in [1.29, 1.82) is 0 Å². The van der Waals surface area contributed by atoms with E-state index in [1.165, 1.54) is 24.3 Å². The smallest absolute Gasteiger partial charge is 0.406 e. The SMILES string of the molecule is CC1(C)CC(=O)C(c2ccc(OC(F)(F)F)cc2)C2=C1NCc1ccccc1N2. The molecular formula is C22H21F3N2O2. The van der Waals surface area contributed by atoms with Gasteiger partial charge in [0, 0.05) is 29.8 Å². The third-order valence-electron chi connectivity index (χ3n) is 5.36. The molecule has 1 heterocycles. The van der Waals surface area contributed by atoms with Crippen LogP contribution in [0.25, 0.3) is 0 Å². The minimum absolute atomic E-state index is 0.0203. The van der Waals surface area contributed by atoms with Crippen molar-refractivity contribution < 1.29 is 22.7 Å². The molecule has 0 radical (unpaired) electrons. The lowest BCUT2D eigenvalue weighted by molar-refractivity contribution is -0.274. The lowest BCUT2D eigenvalue weighted by atomic mass is 9.71. The molecule has 1 aliphatic heterocycles. The molecule has 2 N–H and O–H groups in total. The number of carbonyl (C=O) groups excluding carboxylic acids is 1. The van der Waals surface area contributed by atoms with Gasteiger partial charge >= 0.3 is 6.36 Å². The highest BCUT2D eigenvalue weighted by Crippen LogP contribution is 2.45. The molecule has 0 fully saturated rings. The molecule has 1 aliphatic carbocycles. The van der Waals surface area contributed by atoms with E-state index in [4.69, 9.17) is 0 Å². The number of hydrogen-bond donors (Lipinski definition) is 2. The maximum atomic E-state index is 13.1. The summed E-state index contributed by atoms with van der Waals surface area (Å²) in [5.41, 5.74) is 3.95. The minimum atomic E-state index is -4.75. The number of nitrogens with one attached hydrogen (secondary N) is 2. The molecule has 0 saturated heterocycles. The van der Waals surface area contributed by atoms with E-state index in [0.717, 1.165) is 22.6 Å². The van der Waals surface area contributed by atoms with Crippen LogP contribution in [0.2, 0.25) is 0 Å². The van der Waals surface area contributed by atoms with Crippen molar-refractivity contribution in [1.82, 2.24) is 5.32 Å². The average molecular weight is 402 g/mol. The van der Waals surface area contributed by atoms with Gasteiger partial charge in [0.05, 0.1) is 11.6 Å². The lowest BCUT2D eigenvalue weighted by Gasteiger charge is -2.38. The van der Waals surface area contributed by atoms with E-state index >= 15 is 0 Å². The number of ketones is 1. The van der Waals surface area contributed by atoms with Gasteiger partial charge in [-0.05, 0) is 29.3 Å². The Hall–Kier alpha value is -2.96. The van der Waals surface area contributed by atoms with E-state index in [-0.39, 0.29) is 16.9 Å². The molecule has 0 saturated carbocycles. The van der Waals surface area contributed by atoms with Gasteiger partial charge in [-0.25, -0.2) is 0 Å². The number of para-hydroxylation sites is 1. The highest BCUT2D eigenvalue weighted by molar-refractivity contribution is 5.92. The number of allylic oxidation sites excluding steroid dienone is 2. The molecule has 2 aliphatic rings. The molecular weight excluding hydrogens is 381 g/mol. The molecule has 0 amide bonds. The third-order valence-corrected chi connectivity index (χ3v) is 5.36. The fraction of sp³-hybridized carbons (Fsp3) is 0.318. The minimum Gasteiger partial charge on any atom is -0.406 e. The topological polar surface area (TPSA) is 50.4 Å². The van der Waals surface area contributed by atoms with Crippen molar-refractivity contribution in [3.63, 3.8) is 0 Å².